The molecule has 0 aromatic rings. The molecule has 0 aliphatic carbocycles. The predicted octanol–water partition coefficient (Wildman–Crippen LogP) is 0.433. The third-order valence-electron chi connectivity index (χ3n) is 1.66. The van der Waals surface area contributed by atoms with Crippen molar-refractivity contribution in [3.05, 3.63) is 11.6 Å². The summed E-state index contributed by atoms with van der Waals surface area (Å²) in [5.41, 5.74) is 0.329. The van der Waals surface area contributed by atoms with Crippen LogP contribution in [0, 0.1) is 0 Å². The van der Waals surface area contributed by atoms with Gasteiger partial charge in [-0.1, -0.05) is 6.08 Å². The molecule has 5 nitrogen and oxygen atoms in total. The lowest BCUT2D eigenvalue weighted by Crippen LogP contribution is -2.07. The van der Waals surface area contributed by atoms with Crippen LogP contribution in [-0.2, 0) is 14.3 Å². The zero-order valence-electron chi connectivity index (χ0n) is 8.94. The zero-order valence-corrected chi connectivity index (χ0v) is 8.94. The molecular formula is C10H18O5. The molecule has 2 N–H and O–H groups in total. The fourth-order valence-corrected chi connectivity index (χ4v) is 0.833. The molecule has 0 aliphatic rings. The molecule has 0 atom stereocenters. The second kappa shape index (κ2) is 9.64. The van der Waals surface area contributed by atoms with Crippen molar-refractivity contribution in [1.29, 1.82) is 0 Å². The molecule has 15 heavy (non-hydrogen) atoms. The maximum absolute atomic E-state index is 10.4. The number of hydrogen-bond acceptors (Lipinski definition) is 4. The molecule has 0 bridgehead atoms. The minimum atomic E-state index is -0.902. The smallest absolute Gasteiger partial charge is 0.330 e. The first-order valence-corrected chi connectivity index (χ1v) is 4.85. The second-order valence-electron chi connectivity index (χ2n) is 2.93. The van der Waals surface area contributed by atoms with E-state index in [9.17, 15) is 4.79 Å². The Hall–Kier alpha value is -0.910. The van der Waals surface area contributed by atoms with Gasteiger partial charge in [0.1, 0.15) is 0 Å². The number of ether oxygens (including phenoxy) is 2. The molecule has 88 valence electrons. The van der Waals surface area contributed by atoms with Crippen molar-refractivity contribution in [2.75, 3.05) is 33.0 Å². The average Bonchev–Trinajstić information content (AvgIpc) is 2.21. The maximum atomic E-state index is 10.4. The summed E-state index contributed by atoms with van der Waals surface area (Å²) in [5.74, 6) is -0.902. The van der Waals surface area contributed by atoms with Crippen molar-refractivity contribution in [2.24, 2.45) is 0 Å². The van der Waals surface area contributed by atoms with Crippen molar-refractivity contribution in [3.63, 3.8) is 0 Å². The van der Waals surface area contributed by atoms with Crippen molar-refractivity contribution in [1.82, 2.24) is 0 Å². The van der Waals surface area contributed by atoms with Crippen LogP contribution < -0.4 is 0 Å². The first-order valence-electron chi connectivity index (χ1n) is 4.85. The van der Waals surface area contributed by atoms with Crippen molar-refractivity contribution in [2.45, 2.75) is 13.3 Å². The van der Waals surface area contributed by atoms with Crippen molar-refractivity contribution < 1.29 is 24.5 Å². The summed E-state index contributed by atoms with van der Waals surface area (Å²) in [7, 11) is 0. The van der Waals surface area contributed by atoms with Crippen LogP contribution in [0.1, 0.15) is 13.3 Å². The van der Waals surface area contributed by atoms with E-state index in [-0.39, 0.29) is 6.61 Å². The molecule has 0 aromatic carbocycles. The van der Waals surface area contributed by atoms with Gasteiger partial charge < -0.3 is 19.7 Å². The average molecular weight is 218 g/mol. The highest BCUT2D eigenvalue weighted by Crippen LogP contribution is 1.95. The number of aliphatic hydroxyl groups is 1. The monoisotopic (exact) mass is 218 g/mol. The molecule has 0 amide bonds. The Labute approximate surface area is 89.3 Å². The molecule has 0 saturated heterocycles. The number of aliphatic carboxylic acids is 1. The molecule has 0 unspecified atom stereocenters. The van der Waals surface area contributed by atoms with Gasteiger partial charge in [0, 0.05) is 5.57 Å². The fourth-order valence-electron chi connectivity index (χ4n) is 0.833. The zero-order chi connectivity index (χ0) is 11.5. The number of carboxylic acid groups (broad SMARTS) is 1. The minimum Gasteiger partial charge on any atom is -0.478 e. The summed E-state index contributed by atoms with van der Waals surface area (Å²) in [4.78, 5) is 10.4. The second-order valence-corrected chi connectivity index (χ2v) is 2.93. The molecular weight excluding hydrogens is 200 g/mol. The quantitative estimate of drug-likeness (QED) is 0.433. The van der Waals surface area contributed by atoms with E-state index in [2.05, 4.69) is 0 Å². The Bertz CT molecular complexity index is 200. The SMILES string of the molecule is CC(=CCCOCCOCCO)C(=O)O. The van der Waals surface area contributed by atoms with Crippen LogP contribution in [0.15, 0.2) is 11.6 Å². The molecule has 0 fully saturated rings. The van der Waals surface area contributed by atoms with Crippen LogP contribution in [0.3, 0.4) is 0 Å². The first-order chi connectivity index (χ1) is 7.18. The third-order valence-corrected chi connectivity index (χ3v) is 1.66. The van der Waals surface area contributed by atoms with E-state index in [1.807, 2.05) is 0 Å². The molecule has 0 saturated carbocycles. The van der Waals surface area contributed by atoms with Crippen LogP contribution in [0.2, 0.25) is 0 Å². The van der Waals surface area contributed by atoms with E-state index in [1.165, 1.54) is 0 Å². The van der Waals surface area contributed by atoms with E-state index in [0.29, 0.717) is 38.4 Å². The van der Waals surface area contributed by atoms with Gasteiger partial charge in [0.25, 0.3) is 0 Å². The van der Waals surface area contributed by atoms with Crippen LogP contribution in [-0.4, -0.2) is 49.2 Å². The molecule has 0 heterocycles. The lowest BCUT2D eigenvalue weighted by molar-refractivity contribution is -0.132. The number of carboxylic acids is 1. The van der Waals surface area contributed by atoms with Crippen LogP contribution in [0.4, 0.5) is 0 Å². The van der Waals surface area contributed by atoms with E-state index in [1.54, 1.807) is 13.0 Å². The van der Waals surface area contributed by atoms with Gasteiger partial charge in [-0.2, -0.15) is 0 Å². The highest BCUT2D eigenvalue weighted by Gasteiger charge is 1.97. The highest BCUT2D eigenvalue weighted by molar-refractivity contribution is 5.85. The summed E-state index contributed by atoms with van der Waals surface area (Å²) in [6, 6.07) is 0. The van der Waals surface area contributed by atoms with Gasteiger partial charge in [0.05, 0.1) is 33.0 Å². The fraction of sp³-hybridized carbons (Fsp3) is 0.700. The van der Waals surface area contributed by atoms with E-state index in [4.69, 9.17) is 19.7 Å². The molecule has 5 heteroatoms. The molecule has 0 aliphatic heterocycles. The van der Waals surface area contributed by atoms with Crippen LogP contribution >= 0.6 is 0 Å². The maximum Gasteiger partial charge on any atom is 0.330 e. The normalized spacial score (nSPS) is 11.7. The summed E-state index contributed by atoms with van der Waals surface area (Å²) in [6.45, 7) is 3.27. The van der Waals surface area contributed by atoms with Crippen molar-refractivity contribution in [3.8, 4) is 0 Å². The minimum absolute atomic E-state index is 0.0144. The largest absolute Gasteiger partial charge is 0.478 e. The summed E-state index contributed by atoms with van der Waals surface area (Å²) < 4.78 is 10.1. The summed E-state index contributed by atoms with van der Waals surface area (Å²) in [6.07, 6.45) is 2.20. The Morgan fingerprint density at radius 3 is 2.33 bits per heavy atom. The number of rotatable bonds is 9. The first kappa shape index (κ1) is 14.1. The van der Waals surface area contributed by atoms with Gasteiger partial charge in [0.15, 0.2) is 0 Å². The third kappa shape index (κ3) is 9.40. The Balaban J connectivity index is 3.25. The summed E-state index contributed by atoms with van der Waals surface area (Å²) in [5, 5.41) is 16.9. The van der Waals surface area contributed by atoms with E-state index in [0.717, 1.165) is 0 Å². The highest BCUT2D eigenvalue weighted by atomic mass is 16.5. The lowest BCUT2D eigenvalue weighted by atomic mass is 10.2. The number of carbonyl (C=O) groups is 1. The molecule has 0 spiro atoms. The van der Waals surface area contributed by atoms with Crippen LogP contribution in [0.5, 0.6) is 0 Å². The molecule has 0 radical (unpaired) electrons. The topological polar surface area (TPSA) is 76.0 Å². The van der Waals surface area contributed by atoms with Gasteiger partial charge in [-0.15, -0.1) is 0 Å². The summed E-state index contributed by atoms with van der Waals surface area (Å²) >= 11 is 0. The van der Waals surface area contributed by atoms with Gasteiger partial charge in [0.2, 0.25) is 0 Å². The van der Waals surface area contributed by atoms with E-state index >= 15 is 0 Å². The standard InChI is InChI=1S/C10H18O5/c1-9(10(12)13)3-2-5-14-7-8-15-6-4-11/h3,11H,2,4-8H2,1H3,(H,12,13). The number of aliphatic hydroxyl groups excluding tert-OH is 1. The van der Waals surface area contributed by atoms with Gasteiger partial charge in [-0.3, -0.25) is 0 Å². The van der Waals surface area contributed by atoms with Crippen molar-refractivity contribution >= 4 is 5.97 Å². The Kier molecular flexibility index (Phi) is 9.05. The van der Waals surface area contributed by atoms with E-state index < -0.39 is 5.97 Å². The lowest BCUT2D eigenvalue weighted by Gasteiger charge is -2.03. The Morgan fingerprint density at radius 2 is 1.80 bits per heavy atom. The molecule has 0 rings (SSSR count). The Morgan fingerprint density at radius 1 is 1.20 bits per heavy atom. The van der Waals surface area contributed by atoms with Gasteiger partial charge >= 0.3 is 5.97 Å². The van der Waals surface area contributed by atoms with Gasteiger partial charge in [-0.05, 0) is 13.3 Å². The molecule has 0 aromatic heterocycles. The number of hydrogen-bond donors (Lipinski definition) is 2. The van der Waals surface area contributed by atoms with Gasteiger partial charge in [-0.25, -0.2) is 4.79 Å². The predicted molar refractivity (Wildman–Crippen MR) is 54.7 cm³/mol. The van der Waals surface area contributed by atoms with Crippen LogP contribution in [0.25, 0.3) is 0 Å².